The molecule has 0 fully saturated rings. The third-order valence-electron chi connectivity index (χ3n) is 1.52. The van der Waals surface area contributed by atoms with Crippen LogP contribution in [-0.4, -0.2) is 15.0 Å². The molecule has 0 radical (unpaired) electrons. The Bertz CT molecular complexity index is 355. The number of aromatic nitrogens is 3. The topological polar surface area (TPSA) is 30.7 Å². The Morgan fingerprint density at radius 1 is 1.27 bits per heavy atom. The van der Waals surface area contributed by atoms with E-state index in [1.165, 1.54) is 0 Å². The summed E-state index contributed by atoms with van der Waals surface area (Å²) < 4.78 is 1.76. The van der Waals surface area contributed by atoms with Crippen LogP contribution in [0.2, 0.25) is 0 Å². The van der Waals surface area contributed by atoms with Crippen LogP contribution in [0.5, 0.6) is 0 Å². The molecule has 2 aromatic rings. The molecule has 4 heteroatoms. The summed E-state index contributed by atoms with van der Waals surface area (Å²) in [4.78, 5) is 0. The molecule has 2 rings (SSSR count). The maximum Gasteiger partial charge on any atom is 0.113 e. The maximum atomic E-state index is 3.93. The first kappa shape index (κ1) is 8.41. The van der Waals surface area contributed by atoms with Gasteiger partial charge in [-0.15, -0.1) is 5.10 Å². The van der Waals surface area contributed by atoms with Gasteiger partial charge in [-0.1, -0.05) is 17.3 Å². The standard InChI is InChI=1S/C7H7N3.Pt/c1-10-7-5-3-2-4-6(7)8-9-10;/h2-5H,1H3;. The minimum absolute atomic E-state index is 0. The molecular weight excluding hydrogens is 321 g/mol. The Morgan fingerprint density at radius 3 is 2.73 bits per heavy atom. The van der Waals surface area contributed by atoms with Gasteiger partial charge in [-0.2, -0.15) is 0 Å². The number of aryl methyl sites for hydroxylation is 1. The Hall–Kier alpha value is -0.692. The van der Waals surface area contributed by atoms with Crippen LogP contribution in [0.15, 0.2) is 24.3 Å². The van der Waals surface area contributed by atoms with E-state index in [0.717, 1.165) is 11.0 Å². The summed E-state index contributed by atoms with van der Waals surface area (Å²) in [6, 6.07) is 7.88. The monoisotopic (exact) mass is 328 g/mol. The Balaban J connectivity index is 0.000000605. The first-order valence-electron chi connectivity index (χ1n) is 3.12. The third kappa shape index (κ3) is 1.33. The first-order valence-corrected chi connectivity index (χ1v) is 3.12. The molecule has 11 heavy (non-hydrogen) atoms. The molecule has 0 aliphatic heterocycles. The van der Waals surface area contributed by atoms with Crippen LogP contribution in [0, 0.1) is 0 Å². The summed E-state index contributed by atoms with van der Waals surface area (Å²) in [6.07, 6.45) is 0. The summed E-state index contributed by atoms with van der Waals surface area (Å²) >= 11 is 0. The van der Waals surface area contributed by atoms with Crippen LogP contribution in [0.25, 0.3) is 11.0 Å². The number of nitrogens with zero attached hydrogens (tertiary/aromatic N) is 3. The van der Waals surface area contributed by atoms with Gasteiger partial charge in [-0.05, 0) is 12.1 Å². The fraction of sp³-hybridized carbons (Fsp3) is 0.143. The summed E-state index contributed by atoms with van der Waals surface area (Å²) in [7, 11) is 1.88. The second kappa shape index (κ2) is 3.14. The Morgan fingerprint density at radius 2 is 2.00 bits per heavy atom. The molecule has 0 N–H and O–H groups in total. The van der Waals surface area contributed by atoms with Gasteiger partial charge in [0.1, 0.15) is 5.52 Å². The Labute approximate surface area is 78.7 Å². The summed E-state index contributed by atoms with van der Waals surface area (Å²) in [6.45, 7) is 0. The van der Waals surface area contributed by atoms with Crippen molar-refractivity contribution in [3.8, 4) is 0 Å². The minimum atomic E-state index is 0. The van der Waals surface area contributed by atoms with E-state index in [9.17, 15) is 0 Å². The third-order valence-corrected chi connectivity index (χ3v) is 1.52. The quantitative estimate of drug-likeness (QED) is 0.721. The van der Waals surface area contributed by atoms with Gasteiger partial charge in [0.2, 0.25) is 0 Å². The van der Waals surface area contributed by atoms with Crippen molar-refractivity contribution in [1.29, 1.82) is 0 Å². The van der Waals surface area contributed by atoms with Crippen molar-refractivity contribution in [2.24, 2.45) is 7.05 Å². The zero-order valence-electron chi connectivity index (χ0n) is 5.97. The van der Waals surface area contributed by atoms with E-state index >= 15 is 0 Å². The van der Waals surface area contributed by atoms with E-state index in [-0.39, 0.29) is 21.1 Å². The number of hydrogen-bond acceptors (Lipinski definition) is 2. The molecule has 0 unspecified atom stereocenters. The van der Waals surface area contributed by atoms with Crippen LogP contribution in [0.4, 0.5) is 0 Å². The second-order valence-electron chi connectivity index (χ2n) is 2.20. The molecule has 1 heterocycles. The molecular formula is C7H7N3Pt. The SMILES string of the molecule is Cn1nnc2ccccc21.[Pt]. The molecule has 1 aromatic heterocycles. The van der Waals surface area contributed by atoms with Crippen molar-refractivity contribution in [3.63, 3.8) is 0 Å². The number of hydrogen-bond donors (Lipinski definition) is 0. The van der Waals surface area contributed by atoms with Gasteiger partial charge in [0, 0.05) is 28.1 Å². The largest absolute Gasteiger partial charge is 0.248 e. The minimum Gasteiger partial charge on any atom is -0.248 e. The number of para-hydroxylation sites is 1. The molecule has 3 nitrogen and oxygen atoms in total. The van der Waals surface area contributed by atoms with Crippen LogP contribution >= 0.6 is 0 Å². The molecule has 0 atom stereocenters. The summed E-state index contributed by atoms with van der Waals surface area (Å²) in [5, 5.41) is 7.79. The van der Waals surface area contributed by atoms with Crippen molar-refractivity contribution >= 4 is 11.0 Å². The molecule has 0 bridgehead atoms. The van der Waals surface area contributed by atoms with E-state index in [1.54, 1.807) is 4.68 Å². The molecule has 0 aliphatic carbocycles. The first-order chi connectivity index (χ1) is 4.88. The van der Waals surface area contributed by atoms with E-state index < -0.39 is 0 Å². The fourth-order valence-corrected chi connectivity index (χ4v) is 0.986. The number of fused-ring (bicyclic) bond motifs is 1. The maximum absolute atomic E-state index is 3.93. The average Bonchev–Trinajstić information content (AvgIpc) is 2.34. The van der Waals surface area contributed by atoms with Crippen molar-refractivity contribution in [3.05, 3.63) is 24.3 Å². The molecule has 0 saturated carbocycles. The smallest absolute Gasteiger partial charge is 0.113 e. The van der Waals surface area contributed by atoms with Gasteiger partial charge in [-0.3, -0.25) is 0 Å². The van der Waals surface area contributed by atoms with Crippen molar-refractivity contribution in [1.82, 2.24) is 15.0 Å². The van der Waals surface area contributed by atoms with Gasteiger partial charge in [0.25, 0.3) is 0 Å². The zero-order valence-corrected chi connectivity index (χ0v) is 8.24. The second-order valence-corrected chi connectivity index (χ2v) is 2.20. The van der Waals surface area contributed by atoms with Crippen LogP contribution < -0.4 is 0 Å². The average molecular weight is 328 g/mol. The molecule has 0 saturated heterocycles. The predicted octanol–water partition coefficient (Wildman–Crippen LogP) is 0.966. The van der Waals surface area contributed by atoms with E-state index in [2.05, 4.69) is 10.3 Å². The van der Waals surface area contributed by atoms with Crippen LogP contribution in [-0.2, 0) is 28.1 Å². The number of benzene rings is 1. The van der Waals surface area contributed by atoms with E-state index in [4.69, 9.17) is 0 Å². The fourth-order valence-electron chi connectivity index (χ4n) is 0.986. The van der Waals surface area contributed by atoms with Crippen molar-refractivity contribution < 1.29 is 21.1 Å². The van der Waals surface area contributed by atoms with Crippen LogP contribution in [0.1, 0.15) is 0 Å². The van der Waals surface area contributed by atoms with Gasteiger partial charge < -0.3 is 0 Å². The van der Waals surface area contributed by atoms with Crippen molar-refractivity contribution in [2.75, 3.05) is 0 Å². The Kier molecular flexibility index (Phi) is 2.40. The van der Waals surface area contributed by atoms with E-state index in [1.807, 2.05) is 31.3 Å². The zero-order chi connectivity index (χ0) is 6.97. The van der Waals surface area contributed by atoms with Gasteiger partial charge in [0.05, 0.1) is 5.52 Å². The van der Waals surface area contributed by atoms with Gasteiger partial charge >= 0.3 is 0 Å². The van der Waals surface area contributed by atoms with Crippen molar-refractivity contribution in [2.45, 2.75) is 0 Å². The molecule has 60 valence electrons. The van der Waals surface area contributed by atoms with Gasteiger partial charge in [0.15, 0.2) is 0 Å². The van der Waals surface area contributed by atoms with E-state index in [0.29, 0.717) is 0 Å². The number of rotatable bonds is 0. The van der Waals surface area contributed by atoms with Gasteiger partial charge in [-0.25, -0.2) is 4.68 Å². The predicted molar refractivity (Wildman–Crippen MR) is 38.5 cm³/mol. The molecule has 0 spiro atoms. The summed E-state index contributed by atoms with van der Waals surface area (Å²) in [5.74, 6) is 0. The summed E-state index contributed by atoms with van der Waals surface area (Å²) in [5.41, 5.74) is 2.02. The van der Waals surface area contributed by atoms with Crippen LogP contribution in [0.3, 0.4) is 0 Å². The molecule has 0 amide bonds. The molecule has 0 aliphatic rings. The molecule has 1 aromatic carbocycles. The normalized spacial score (nSPS) is 9.55.